The van der Waals surface area contributed by atoms with Crippen molar-refractivity contribution in [1.29, 1.82) is 0 Å². The fraction of sp³-hybridized carbons (Fsp3) is 0.375. The molecule has 0 aliphatic carbocycles. The molecule has 0 aliphatic rings. The molecule has 0 aliphatic heterocycles. The number of aryl methyl sites for hydroxylation is 2. The highest BCUT2D eigenvalue weighted by atomic mass is 35.5. The van der Waals surface area contributed by atoms with E-state index >= 15 is 0 Å². The number of hydrogen-bond acceptors (Lipinski definition) is 1. The zero-order chi connectivity index (χ0) is 10.2. The van der Waals surface area contributed by atoms with Crippen LogP contribution in [-0.4, -0.2) is 4.98 Å². The van der Waals surface area contributed by atoms with Crippen LogP contribution in [0.4, 0.5) is 13.2 Å². The third-order valence-corrected chi connectivity index (χ3v) is 1.98. The summed E-state index contributed by atoms with van der Waals surface area (Å²) in [6.45, 7) is 3.18. The van der Waals surface area contributed by atoms with Gasteiger partial charge in [0.25, 0.3) is 0 Å². The summed E-state index contributed by atoms with van der Waals surface area (Å²) < 4.78 is 36.6. The summed E-state index contributed by atoms with van der Waals surface area (Å²) in [5.41, 5.74) is -0.0213. The lowest BCUT2D eigenvalue weighted by Crippen LogP contribution is -2.10. The summed E-state index contributed by atoms with van der Waals surface area (Å²) in [6, 6.07) is 1.27. The van der Waals surface area contributed by atoms with Crippen molar-refractivity contribution in [2.75, 3.05) is 0 Å². The van der Waals surface area contributed by atoms with Crippen molar-refractivity contribution in [3.8, 4) is 0 Å². The van der Waals surface area contributed by atoms with Gasteiger partial charge in [0.1, 0.15) is 0 Å². The number of rotatable bonds is 0. The molecule has 0 amide bonds. The van der Waals surface area contributed by atoms with Gasteiger partial charge in [-0.1, -0.05) is 11.6 Å². The average molecular weight is 210 g/mol. The lowest BCUT2D eigenvalue weighted by molar-refractivity contribution is -0.141. The molecule has 0 bridgehead atoms. The van der Waals surface area contributed by atoms with E-state index < -0.39 is 11.9 Å². The number of pyridine rings is 1. The first-order valence-electron chi connectivity index (χ1n) is 3.53. The first-order valence-corrected chi connectivity index (χ1v) is 3.91. The summed E-state index contributed by atoms with van der Waals surface area (Å²) in [5.74, 6) is 0. The van der Waals surface area contributed by atoms with Crippen molar-refractivity contribution in [1.82, 2.24) is 4.98 Å². The minimum absolute atomic E-state index is 0.344. The van der Waals surface area contributed by atoms with Crippen LogP contribution in [0.15, 0.2) is 6.07 Å². The Morgan fingerprint density at radius 3 is 2.31 bits per heavy atom. The summed E-state index contributed by atoms with van der Waals surface area (Å²) in [4.78, 5) is 3.39. The quantitative estimate of drug-likeness (QED) is 0.638. The normalized spacial score (nSPS) is 11.8. The summed E-state index contributed by atoms with van der Waals surface area (Å²) >= 11 is 5.40. The highest BCUT2D eigenvalue weighted by Crippen LogP contribution is 2.33. The topological polar surface area (TPSA) is 12.9 Å². The number of aromatic nitrogens is 1. The molecule has 13 heavy (non-hydrogen) atoms. The molecular weight excluding hydrogens is 203 g/mol. The van der Waals surface area contributed by atoms with E-state index in [1.807, 2.05) is 0 Å². The Balaban J connectivity index is 3.32. The molecule has 5 heteroatoms. The number of alkyl halides is 3. The van der Waals surface area contributed by atoms with Crippen LogP contribution >= 0.6 is 11.6 Å². The molecule has 1 heterocycles. The fourth-order valence-corrected chi connectivity index (χ4v) is 1.18. The van der Waals surface area contributed by atoms with Gasteiger partial charge >= 0.3 is 6.18 Å². The van der Waals surface area contributed by atoms with Crippen LogP contribution in [0.3, 0.4) is 0 Å². The summed E-state index contributed by atoms with van der Waals surface area (Å²) in [6.07, 6.45) is -4.48. The lowest BCUT2D eigenvalue weighted by atomic mass is 10.2. The van der Waals surface area contributed by atoms with Crippen LogP contribution in [0.25, 0.3) is 0 Å². The van der Waals surface area contributed by atoms with Crippen LogP contribution in [0.2, 0.25) is 5.02 Å². The van der Waals surface area contributed by atoms with Crippen molar-refractivity contribution in [2.24, 2.45) is 0 Å². The Kier molecular flexibility index (Phi) is 2.52. The highest BCUT2D eigenvalue weighted by molar-refractivity contribution is 6.31. The standard InChI is InChI=1S/C8H7ClF3N/c1-4-3-6(9)7(8(10,11)12)13-5(4)2/h3H,1-2H3. The maximum absolute atomic E-state index is 12.2. The predicted molar refractivity (Wildman–Crippen MR) is 43.7 cm³/mol. The van der Waals surface area contributed by atoms with Gasteiger partial charge in [0, 0.05) is 5.69 Å². The Bertz CT molecular complexity index is 333. The van der Waals surface area contributed by atoms with Crippen molar-refractivity contribution in [3.05, 3.63) is 28.0 Å². The van der Waals surface area contributed by atoms with Crippen LogP contribution in [0.1, 0.15) is 17.0 Å². The molecule has 0 atom stereocenters. The van der Waals surface area contributed by atoms with Gasteiger partial charge in [-0.25, -0.2) is 4.98 Å². The molecule has 1 aromatic rings. The molecule has 0 radical (unpaired) electrons. The lowest BCUT2D eigenvalue weighted by Gasteiger charge is -2.09. The molecule has 1 rings (SSSR count). The molecule has 0 saturated heterocycles. The van der Waals surface area contributed by atoms with E-state index in [0.717, 1.165) is 0 Å². The van der Waals surface area contributed by atoms with E-state index in [1.54, 1.807) is 6.92 Å². The molecule has 1 nitrogen and oxygen atoms in total. The zero-order valence-corrected chi connectivity index (χ0v) is 7.79. The van der Waals surface area contributed by atoms with Gasteiger partial charge in [-0.05, 0) is 25.5 Å². The van der Waals surface area contributed by atoms with Crippen LogP contribution in [0, 0.1) is 13.8 Å². The van der Waals surface area contributed by atoms with E-state index in [2.05, 4.69) is 4.98 Å². The van der Waals surface area contributed by atoms with Crippen LogP contribution in [-0.2, 0) is 6.18 Å². The van der Waals surface area contributed by atoms with Crippen LogP contribution in [0.5, 0.6) is 0 Å². The van der Waals surface area contributed by atoms with Crippen molar-refractivity contribution in [3.63, 3.8) is 0 Å². The molecular formula is C8H7ClF3N. The fourth-order valence-electron chi connectivity index (χ4n) is 0.871. The number of hydrogen-bond donors (Lipinski definition) is 0. The maximum Gasteiger partial charge on any atom is 0.434 e. The zero-order valence-electron chi connectivity index (χ0n) is 7.04. The second kappa shape index (κ2) is 3.18. The maximum atomic E-state index is 12.2. The van der Waals surface area contributed by atoms with Gasteiger partial charge in [-0.15, -0.1) is 0 Å². The van der Waals surface area contributed by atoms with E-state index in [0.29, 0.717) is 11.3 Å². The minimum Gasteiger partial charge on any atom is -0.247 e. The Morgan fingerprint density at radius 1 is 1.31 bits per heavy atom. The average Bonchev–Trinajstić information content (AvgIpc) is 1.94. The monoisotopic (exact) mass is 209 g/mol. The first kappa shape index (κ1) is 10.3. The second-order valence-corrected chi connectivity index (χ2v) is 3.13. The smallest absolute Gasteiger partial charge is 0.247 e. The summed E-state index contributed by atoms with van der Waals surface area (Å²) in [5, 5.41) is -0.351. The van der Waals surface area contributed by atoms with Gasteiger partial charge in [-0.3, -0.25) is 0 Å². The highest BCUT2D eigenvalue weighted by Gasteiger charge is 2.35. The van der Waals surface area contributed by atoms with Gasteiger partial charge in [0.2, 0.25) is 0 Å². The van der Waals surface area contributed by atoms with E-state index in [1.165, 1.54) is 13.0 Å². The molecule has 0 unspecified atom stereocenters. The van der Waals surface area contributed by atoms with E-state index in [4.69, 9.17) is 11.6 Å². The molecule has 0 saturated carbocycles. The first-order chi connectivity index (χ1) is 5.82. The van der Waals surface area contributed by atoms with Gasteiger partial charge < -0.3 is 0 Å². The third kappa shape index (κ3) is 2.12. The van der Waals surface area contributed by atoms with E-state index in [9.17, 15) is 13.2 Å². The number of nitrogens with zero attached hydrogens (tertiary/aromatic N) is 1. The molecule has 0 spiro atoms. The Morgan fingerprint density at radius 2 is 1.85 bits per heavy atom. The SMILES string of the molecule is Cc1cc(Cl)c(C(F)(F)F)nc1C. The van der Waals surface area contributed by atoms with E-state index in [-0.39, 0.29) is 5.02 Å². The molecule has 0 aromatic carbocycles. The van der Waals surface area contributed by atoms with Crippen molar-refractivity contribution in [2.45, 2.75) is 20.0 Å². The molecule has 0 fully saturated rings. The third-order valence-electron chi connectivity index (χ3n) is 1.69. The predicted octanol–water partition coefficient (Wildman–Crippen LogP) is 3.37. The second-order valence-electron chi connectivity index (χ2n) is 2.72. The Hall–Kier alpha value is -0.770. The van der Waals surface area contributed by atoms with Crippen molar-refractivity contribution >= 4 is 11.6 Å². The number of halogens is 4. The van der Waals surface area contributed by atoms with Gasteiger partial charge in [0.15, 0.2) is 5.69 Å². The van der Waals surface area contributed by atoms with Crippen molar-refractivity contribution < 1.29 is 13.2 Å². The summed E-state index contributed by atoms with van der Waals surface area (Å²) in [7, 11) is 0. The molecule has 1 aromatic heterocycles. The largest absolute Gasteiger partial charge is 0.434 e. The van der Waals surface area contributed by atoms with Gasteiger partial charge in [-0.2, -0.15) is 13.2 Å². The molecule has 72 valence electrons. The van der Waals surface area contributed by atoms with Crippen LogP contribution < -0.4 is 0 Å². The van der Waals surface area contributed by atoms with Gasteiger partial charge in [0.05, 0.1) is 5.02 Å². The minimum atomic E-state index is -4.48. The Labute approximate surface area is 78.5 Å². The molecule has 0 N–H and O–H groups in total.